The van der Waals surface area contributed by atoms with Crippen molar-refractivity contribution in [2.45, 2.75) is 50.6 Å². The van der Waals surface area contributed by atoms with E-state index in [0.29, 0.717) is 6.04 Å². The molecule has 1 aromatic rings. The second kappa shape index (κ2) is 6.57. The van der Waals surface area contributed by atoms with E-state index in [2.05, 4.69) is 37.3 Å². The average molecular weight is 301 g/mol. The van der Waals surface area contributed by atoms with Gasteiger partial charge in [-0.3, -0.25) is 0 Å². The van der Waals surface area contributed by atoms with Gasteiger partial charge in [0.1, 0.15) is 0 Å². The molecular weight excluding hydrogens is 276 g/mol. The Bertz CT molecular complexity index is 397. The van der Waals surface area contributed by atoms with E-state index in [-0.39, 0.29) is 5.54 Å². The predicted octanol–water partition coefficient (Wildman–Crippen LogP) is 4.32. The van der Waals surface area contributed by atoms with Crippen molar-refractivity contribution in [2.75, 3.05) is 20.6 Å². The molecule has 0 radical (unpaired) electrons. The Morgan fingerprint density at radius 1 is 1.32 bits per heavy atom. The van der Waals surface area contributed by atoms with Crippen LogP contribution in [0, 0.1) is 0 Å². The van der Waals surface area contributed by atoms with Gasteiger partial charge in [-0.2, -0.15) is 0 Å². The highest BCUT2D eigenvalue weighted by Crippen LogP contribution is 2.44. The third-order valence-corrected chi connectivity index (χ3v) is 5.73. The summed E-state index contributed by atoms with van der Waals surface area (Å²) in [6, 6.07) is 4.61. The van der Waals surface area contributed by atoms with E-state index < -0.39 is 0 Å². The maximum absolute atomic E-state index is 6.15. The minimum Gasteiger partial charge on any atom is -0.308 e. The number of likely N-dealkylation sites (N-methyl/N-ethyl adjacent to an activating group) is 2. The summed E-state index contributed by atoms with van der Waals surface area (Å²) in [6.07, 6.45) is 6.58. The molecule has 1 heterocycles. The zero-order valence-corrected chi connectivity index (χ0v) is 13.8. The SMILES string of the molecule is CCNC(c1ccc(Cl)s1)C1(N(C)C)CCCCC1. The molecular formula is C15H25ClN2S. The normalized spacial score (nSPS) is 20.7. The molecule has 0 saturated heterocycles. The monoisotopic (exact) mass is 300 g/mol. The number of nitrogens with zero attached hydrogens (tertiary/aromatic N) is 1. The van der Waals surface area contributed by atoms with Crippen LogP contribution in [0.15, 0.2) is 12.1 Å². The molecule has 19 heavy (non-hydrogen) atoms. The molecule has 1 unspecified atom stereocenters. The lowest BCUT2D eigenvalue weighted by Gasteiger charge is -2.48. The number of nitrogens with one attached hydrogen (secondary N) is 1. The van der Waals surface area contributed by atoms with Crippen molar-refractivity contribution >= 4 is 22.9 Å². The van der Waals surface area contributed by atoms with Gasteiger partial charge in [0.05, 0.1) is 10.4 Å². The summed E-state index contributed by atoms with van der Waals surface area (Å²) >= 11 is 7.87. The van der Waals surface area contributed by atoms with Crippen LogP contribution >= 0.6 is 22.9 Å². The molecule has 2 nitrogen and oxygen atoms in total. The second-order valence-electron chi connectivity index (χ2n) is 5.69. The second-order valence-corrected chi connectivity index (χ2v) is 7.44. The molecule has 1 saturated carbocycles. The van der Waals surface area contributed by atoms with Crippen molar-refractivity contribution in [2.24, 2.45) is 0 Å². The van der Waals surface area contributed by atoms with E-state index in [0.717, 1.165) is 10.9 Å². The van der Waals surface area contributed by atoms with Crippen LogP contribution in [0.4, 0.5) is 0 Å². The molecule has 2 rings (SSSR count). The van der Waals surface area contributed by atoms with Crippen LogP contribution in [0.25, 0.3) is 0 Å². The minimum atomic E-state index is 0.239. The Morgan fingerprint density at radius 3 is 2.47 bits per heavy atom. The first kappa shape index (κ1) is 15.3. The van der Waals surface area contributed by atoms with Crippen molar-refractivity contribution in [1.82, 2.24) is 10.2 Å². The first-order valence-corrected chi connectivity index (χ1v) is 8.45. The first-order chi connectivity index (χ1) is 9.10. The van der Waals surface area contributed by atoms with Crippen LogP contribution in [-0.4, -0.2) is 31.1 Å². The number of thiophene rings is 1. The van der Waals surface area contributed by atoms with Gasteiger partial charge in [-0.05, 0) is 45.6 Å². The molecule has 1 N–H and O–H groups in total. The van der Waals surface area contributed by atoms with Gasteiger partial charge in [0.2, 0.25) is 0 Å². The quantitative estimate of drug-likeness (QED) is 0.871. The highest BCUT2D eigenvalue weighted by atomic mass is 35.5. The smallest absolute Gasteiger partial charge is 0.0931 e. The molecule has 0 amide bonds. The highest BCUT2D eigenvalue weighted by molar-refractivity contribution is 7.16. The van der Waals surface area contributed by atoms with Crippen LogP contribution in [-0.2, 0) is 0 Å². The van der Waals surface area contributed by atoms with E-state index in [9.17, 15) is 0 Å². The minimum absolute atomic E-state index is 0.239. The summed E-state index contributed by atoms with van der Waals surface area (Å²) in [6.45, 7) is 3.18. The molecule has 108 valence electrons. The number of halogens is 1. The predicted molar refractivity (Wildman–Crippen MR) is 85.2 cm³/mol. The lowest BCUT2D eigenvalue weighted by atomic mass is 9.74. The Morgan fingerprint density at radius 2 is 2.00 bits per heavy atom. The van der Waals surface area contributed by atoms with Crippen molar-refractivity contribution in [3.8, 4) is 0 Å². The van der Waals surface area contributed by atoms with Gasteiger partial charge in [0, 0.05) is 10.4 Å². The van der Waals surface area contributed by atoms with Crippen LogP contribution in [0.2, 0.25) is 4.34 Å². The van der Waals surface area contributed by atoms with E-state index in [1.54, 1.807) is 11.3 Å². The van der Waals surface area contributed by atoms with Crippen molar-refractivity contribution in [3.05, 3.63) is 21.3 Å². The van der Waals surface area contributed by atoms with Crippen molar-refractivity contribution in [1.29, 1.82) is 0 Å². The van der Waals surface area contributed by atoms with Crippen molar-refractivity contribution in [3.63, 3.8) is 0 Å². The fourth-order valence-electron chi connectivity index (χ4n) is 3.40. The topological polar surface area (TPSA) is 15.3 Å². The van der Waals surface area contributed by atoms with Gasteiger partial charge in [-0.25, -0.2) is 0 Å². The summed E-state index contributed by atoms with van der Waals surface area (Å²) in [5.74, 6) is 0. The summed E-state index contributed by atoms with van der Waals surface area (Å²) in [5, 5.41) is 3.71. The first-order valence-electron chi connectivity index (χ1n) is 7.26. The van der Waals surface area contributed by atoms with Crippen LogP contribution in [0.3, 0.4) is 0 Å². The van der Waals surface area contributed by atoms with Crippen molar-refractivity contribution < 1.29 is 0 Å². The Labute approximate surface area is 126 Å². The zero-order valence-electron chi connectivity index (χ0n) is 12.2. The van der Waals surface area contributed by atoms with Crippen LogP contribution in [0.1, 0.15) is 49.9 Å². The summed E-state index contributed by atoms with van der Waals surface area (Å²) in [4.78, 5) is 3.81. The van der Waals surface area contributed by atoms with E-state index in [1.165, 1.54) is 37.0 Å². The zero-order chi connectivity index (χ0) is 13.9. The Balaban J connectivity index is 2.33. The number of hydrogen-bond acceptors (Lipinski definition) is 3. The maximum atomic E-state index is 6.15. The van der Waals surface area contributed by atoms with Gasteiger partial charge >= 0.3 is 0 Å². The molecule has 0 aromatic carbocycles. The van der Waals surface area contributed by atoms with Gasteiger partial charge in [-0.15, -0.1) is 11.3 Å². The van der Waals surface area contributed by atoms with E-state index in [4.69, 9.17) is 11.6 Å². The molecule has 0 aliphatic heterocycles. The van der Waals surface area contributed by atoms with Crippen LogP contribution in [0.5, 0.6) is 0 Å². The number of hydrogen-bond donors (Lipinski definition) is 1. The highest BCUT2D eigenvalue weighted by Gasteiger charge is 2.42. The maximum Gasteiger partial charge on any atom is 0.0931 e. The van der Waals surface area contributed by atoms with Gasteiger partial charge in [0.25, 0.3) is 0 Å². The molecule has 1 aliphatic rings. The van der Waals surface area contributed by atoms with Crippen LogP contribution < -0.4 is 5.32 Å². The fraction of sp³-hybridized carbons (Fsp3) is 0.733. The molecule has 1 atom stereocenters. The molecule has 1 fully saturated rings. The van der Waals surface area contributed by atoms with Gasteiger partial charge < -0.3 is 10.2 Å². The lowest BCUT2D eigenvalue weighted by molar-refractivity contribution is 0.0583. The molecule has 1 aromatic heterocycles. The van der Waals surface area contributed by atoms with Gasteiger partial charge in [-0.1, -0.05) is 37.8 Å². The molecule has 0 bridgehead atoms. The summed E-state index contributed by atoms with van der Waals surface area (Å²) < 4.78 is 0.891. The summed E-state index contributed by atoms with van der Waals surface area (Å²) in [7, 11) is 4.45. The largest absolute Gasteiger partial charge is 0.308 e. The lowest BCUT2D eigenvalue weighted by Crippen LogP contribution is -2.54. The third kappa shape index (κ3) is 3.15. The van der Waals surface area contributed by atoms with E-state index in [1.807, 2.05) is 6.07 Å². The Hall–Kier alpha value is -0.0900. The van der Waals surface area contributed by atoms with Gasteiger partial charge in [0.15, 0.2) is 0 Å². The van der Waals surface area contributed by atoms with E-state index >= 15 is 0 Å². The average Bonchev–Trinajstić information content (AvgIpc) is 2.83. The number of rotatable bonds is 5. The standard InChI is InChI=1S/C15H25ClN2S/c1-4-17-14(12-8-9-13(16)19-12)15(18(2)3)10-6-5-7-11-15/h8-9,14,17H,4-7,10-11H2,1-3H3. The summed E-state index contributed by atoms with van der Waals surface area (Å²) in [5.41, 5.74) is 0.239. The molecule has 0 spiro atoms. The Kier molecular flexibility index (Phi) is 5.29. The molecule has 4 heteroatoms. The fourth-order valence-corrected chi connectivity index (χ4v) is 4.65. The third-order valence-electron chi connectivity index (χ3n) is 4.43. The molecule has 1 aliphatic carbocycles.